The van der Waals surface area contributed by atoms with Crippen molar-refractivity contribution in [3.8, 4) is 0 Å². The zero-order valence-electron chi connectivity index (χ0n) is 18.1. The van der Waals surface area contributed by atoms with Gasteiger partial charge in [0.15, 0.2) is 0 Å². The molecule has 3 aromatic rings. The number of carbonyl (C=O) groups excluding carboxylic acids is 1. The standard InChI is InChI=1S/C27H27F2NOS/c1-19(3-2-4-20-15-16-32-18-20)30-26(31)14-9-23-17-27(23,21-5-10-24(28)11-6-21)22-7-12-25(29)13-8-22/h5-16,18-19,23H,2-4,17H2,1H3,(H,30,31)/t19-,23-/m0/s1. The van der Waals surface area contributed by atoms with Crippen molar-refractivity contribution < 1.29 is 13.6 Å². The highest BCUT2D eigenvalue weighted by Crippen LogP contribution is 2.59. The summed E-state index contributed by atoms with van der Waals surface area (Å²) in [4.78, 5) is 12.5. The van der Waals surface area contributed by atoms with Crippen molar-refractivity contribution in [1.29, 1.82) is 0 Å². The highest BCUT2D eigenvalue weighted by molar-refractivity contribution is 7.07. The highest BCUT2D eigenvalue weighted by Gasteiger charge is 2.55. The second kappa shape index (κ2) is 9.78. The van der Waals surface area contributed by atoms with Gasteiger partial charge in [-0.2, -0.15) is 11.3 Å². The molecule has 2 aromatic carbocycles. The van der Waals surface area contributed by atoms with Gasteiger partial charge in [-0.05, 0) is 102 Å². The van der Waals surface area contributed by atoms with E-state index in [-0.39, 0.29) is 34.9 Å². The Morgan fingerprint density at radius 1 is 1.09 bits per heavy atom. The average Bonchev–Trinajstić information content (AvgIpc) is 3.27. The van der Waals surface area contributed by atoms with Crippen LogP contribution in [0.5, 0.6) is 0 Å². The smallest absolute Gasteiger partial charge is 0.243 e. The van der Waals surface area contributed by atoms with Crippen molar-refractivity contribution in [1.82, 2.24) is 5.32 Å². The van der Waals surface area contributed by atoms with Crippen molar-refractivity contribution in [3.05, 3.63) is 106 Å². The van der Waals surface area contributed by atoms with Gasteiger partial charge in [0.05, 0.1) is 0 Å². The van der Waals surface area contributed by atoms with Gasteiger partial charge < -0.3 is 5.32 Å². The molecule has 1 fully saturated rings. The summed E-state index contributed by atoms with van der Waals surface area (Å²) < 4.78 is 27.0. The van der Waals surface area contributed by atoms with E-state index < -0.39 is 0 Å². The van der Waals surface area contributed by atoms with Gasteiger partial charge in [0.1, 0.15) is 11.6 Å². The minimum absolute atomic E-state index is 0.0954. The molecular weight excluding hydrogens is 424 g/mol. The summed E-state index contributed by atoms with van der Waals surface area (Å²) >= 11 is 1.71. The van der Waals surface area contributed by atoms with Gasteiger partial charge in [0.2, 0.25) is 5.91 Å². The number of benzene rings is 2. The van der Waals surface area contributed by atoms with E-state index in [0.29, 0.717) is 0 Å². The van der Waals surface area contributed by atoms with Crippen LogP contribution in [-0.4, -0.2) is 11.9 Å². The number of rotatable bonds is 9. The van der Waals surface area contributed by atoms with E-state index >= 15 is 0 Å². The molecule has 1 amide bonds. The van der Waals surface area contributed by atoms with Crippen molar-refractivity contribution in [2.45, 2.75) is 44.1 Å². The fraction of sp³-hybridized carbons (Fsp3) is 0.296. The first-order valence-corrected chi connectivity index (χ1v) is 11.9. The van der Waals surface area contributed by atoms with Gasteiger partial charge in [-0.3, -0.25) is 4.79 Å². The lowest BCUT2D eigenvalue weighted by Gasteiger charge is -2.18. The molecule has 166 valence electrons. The Morgan fingerprint density at radius 3 is 2.28 bits per heavy atom. The summed E-state index contributed by atoms with van der Waals surface area (Å²) in [7, 11) is 0. The molecule has 0 spiro atoms. The predicted molar refractivity (Wildman–Crippen MR) is 126 cm³/mol. The first kappa shape index (κ1) is 22.4. The van der Waals surface area contributed by atoms with Gasteiger partial charge in [-0.1, -0.05) is 30.3 Å². The maximum absolute atomic E-state index is 13.5. The van der Waals surface area contributed by atoms with E-state index in [1.54, 1.807) is 41.7 Å². The minimum Gasteiger partial charge on any atom is -0.350 e. The molecule has 1 aliphatic carbocycles. The molecule has 4 rings (SSSR count). The van der Waals surface area contributed by atoms with E-state index in [9.17, 15) is 13.6 Å². The monoisotopic (exact) mass is 451 g/mol. The van der Waals surface area contributed by atoms with Crippen molar-refractivity contribution in [2.75, 3.05) is 0 Å². The maximum Gasteiger partial charge on any atom is 0.243 e. The van der Waals surface area contributed by atoms with Crippen LogP contribution >= 0.6 is 11.3 Å². The Morgan fingerprint density at radius 2 is 1.72 bits per heavy atom. The molecule has 5 heteroatoms. The van der Waals surface area contributed by atoms with Gasteiger partial charge in [0.25, 0.3) is 0 Å². The number of hydrogen-bond donors (Lipinski definition) is 1. The zero-order valence-corrected chi connectivity index (χ0v) is 18.9. The minimum atomic E-state index is -0.357. The number of thiophene rings is 1. The molecule has 1 heterocycles. The van der Waals surface area contributed by atoms with Crippen LogP contribution in [0.3, 0.4) is 0 Å². The largest absolute Gasteiger partial charge is 0.350 e. The highest BCUT2D eigenvalue weighted by atomic mass is 32.1. The SMILES string of the molecule is C[C@@H](CCCc1ccsc1)NC(=O)C=C[C@H]1CC1(c1ccc(F)cc1)c1ccc(F)cc1. The molecule has 0 bridgehead atoms. The summed E-state index contributed by atoms with van der Waals surface area (Å²) in [6, 6.07) is 15.2. The lowest BCUT2D eigenvalue weighted by atomic mass is 9.85. The Bertz CT molecular complexity index is 1010. The van der Waals surface area contributed by atoms with Gasteiger partial charge in [-0.25, -0.2) is 8.78 Å². The van der Waals surface area contributed by atoms with E-state index in [1.165, 1.54) is 29.8 Å². The molecule has 2 nitrogen and oxygen atoms in total. The van der Waals surface area contributed by atoms with Crippen LogP contribution in [0.4, 0.5) is 8.78 Å². The average molecular weight is 452 g/mol. The number of carbonyl (C=O) groups is 1. The molecule has 32 heavy (non-hydrogen) atoms. The zero-order chi connectivity index (χ0) is 22.6. The van der Waals surface area contributed by atoms with Crippen LogP contribution in [0.1, 0.15) is 42.9 Å². The van der Waals surface area contributed by atoms with Crippen LogP contribution in [0, 0.1) is 17.6 Å². The summed E-state index contributed by atoms with van der Waals surface area (Å²) in [6.45, 7) is 2.03. The van der Waals surface area contributed by atoms with Crippen LogP contribution in [0.25, 0.3) is 0 Å². The first-order chi connectivity index (χ1) is 15.5. The van der Waals surface area contributed by atoms with Crippen LogP contribution in [0.2, 0.25) is 0 Å². The summed E-state index contributed by atoms with van der Waals surface area (Å²) in [6.07, 6.45) is 7.31. The van der Waals surface area contributed by atoms with E-state index in [2.05, 4.69) is 22.1 Å². The molecule has 1 aromatic heterocycles. The number of amides is 1. The Hall–Kier alpha value is -2.79. The Balaban J connectivity index is 1.38. The van der Waals surface area contributed by atoms with Crippen LogP contribution in [0.15, 0.2) is 77.5 Å². The third kappa shape index (κ3) is 5.16. The predicted octanol–water partition coefficient (Wildman–Crippen LogP) is 6.42. The summed E-state index contributed by atoms with van der Waals surface area (Å²) in [5, 5.41) is 7.29. The Kier molecular flexibility index (Phi) is 6.85. The first-order valence-electron chi connectivity index (χ1n) is 11.0. The number of nitrogens with one attached hydrogen (secondary N) is 1. The lowest BCUT2D eigenvalue weighted by Crippen LogP contribution is -2.31. The van der Waals surface area contributed by atoms with Gasteiger partial charge in [-0.15, -0.1) is 0 Å². The maximum atomic E-state index is 13.5. The van der Waals surface area contributed by atoms with Crippen LogP contribution < -0.4 is 5.32 Å². The third-order valence-electron chi connectivity index (χ3n) is 6.28. The number of aryl methyl sites for hydroxylation is 1. The molecule has 0 saturated heterocycles. The third-order valence-corrected chi connectivity index (χ3v) is 7.02. The van der Waals surface area contributed by atoms with E-state index in [0.717, 1.165) is 36.8 Å². The van der Waals surface area contributed by atoms with Crippen molar-refractivity contribution in [2.24, 2.45) is 5.92 Å². The number of halogens is 2. The van der Waals surface area contributed by atoms with Crippen molar-refractivity contribution >= 4 is 17.2 Å². The molecule has 0 radical (unpaired) electrons. The second-order valence-corrected chi connectivity index (χ2v) is 9.37. The molecular formula is C27H27F2NOS. The normalized spacial score (nSPS) is 17.9. The van der Waals surface area contributed by atoms with E-state index in [4.69, 9.17) is 0 Å². The van der Waals surface area contributed by atoms with E-state index in [1.807, 2.05) is 13.0 Å². The lowest BCUT2D eigenvalue weighted by molar-refractivity contribution is -0.117. The topological polar surface area (TPSA) is 29.1 Å². The fourth-order valence-electron chi connectivity index (χ4n) is 4.46. The molecule has 1 N–H and O–H groups in total. The summed E-state index contributed by atoms with van der Waals surface area (Å²) in [5.74, 6) is -0.587. The number of hydrogen-bond acceptors (Lipinski definition) is 2. The van der Waals surface area contributed by atoms with Gasteiger partial charge >= 0.3 is 0 Å². The number of allylic oxidation sites excluding steroid dienone is 1. The van der Waals surface area contributed by atoms with Gasteiger partial charge in [0, 0.05) is 11.5 Å². The molecule has 0 unspecified atom stereocenters. The molecule has 2 atom stereocenters. The molecule has 1 saturated carbocycles. The fourth-order valence-corrected chi connectivity index (χ4v) is 5.16. The quantitative estimate of drug-likeness (QED) is 0.374. The Labute approximate surface area is 192 Å². The molecule has 0 aliphatic heterocycles. The summed E-state index contributed by atoms with van der Waals surface area (Å²) in [5.41, 5.74) is 2.94. The van der Waals surface area contributed by atoms with Crippen LogP contribution in [-0.2, 0) is 16.6 Å². The second-order valence-electron chi connectivity index (χ2n) is 8.59. The molecule has 1 aliphatic rings. The van der Waals surface area contributed by atoms with Crippen molar-refractivity contribution in [3.63, 3.8) is 0 Å².